The number of hydrogen-bond donors (Lipinski definition) is 0. The van der Waals surface area contributed by atoms with Crippen LogP contribution in [0.15, 0.2) is 71.2 Å². The summed E-state index contributed by atoms with van der Waals surface area (Å²) in [6.07, 6.45) is 15.2. The highest BCUT2D eigenvalue weighted by molar-refractivity contribution is 6.29. The molecule has 0 saturated heterocycles. The van der Waals surface area contributed by atoms with Crippen LogP contribution >= 0.6 is 11.6 Å². The Kier molecular flexibility index (Phi) is 17.6. The van der Waals surface area contributed by atoms with Gasteiger partial charge in [-0.2, -0.15) is 0 Å². The van der Waals surface area contributed by atoms with Crippen LogP contribution in [0, 0.1) is 11.8 Å². The van der Waals surface area contributed by atoms with Crippen molar-refractivity contribution in [3.05, 3.63) is 77.3 Å². The molecule has 2 aliphatic carbocycles. The van der Waals surface area contributed by atoms with Gasteiger partial charge in [-0.3, -0.25) is 14.4 Å². The average Bonchev–Trinajstić information content (AvgIpc) is 3.25. The number of amides is 2. The number of anilines is 1. The van der Waals surface area contributed by atoms with Crippen LogP contribution in [-0.2, 0) is 19.1 Å². The SMILES string of the molecule is C=C(Cl)CCC1CCCCC1.CC.CCOC(=O)CN(C(=O)CCC1CCCCC1)C1N=C(c2ccccc2)c2ccccc2N(C)C1=O. The maximum Gasteiger partial charge on any atom is 0.325 e. The molecule has 3 aliphatic rings. The van der Waals surface area contributed by atoms with Gasteiger partial charge in [0, 0.05) is 29.6 Å². The molecule has 5 rings (SSSR count). The molecule has 268 valence electrons. The standard InChI is InChI=1S/C29H35N3O4.C10H17Cl.C2H6/c1-3-36-26(34)20-32(25(33)19-18-21-12-6-4-7-13-21)28-29(35)31(2)24-17-11-10-16-23(24)27(30-28)22-14-8-5-9-15-22;1-9(11)7-8-10-5-3-2-4-6-10;1-2/h5,8-11,14-17,21,28H,3-4,6-7,12-13,18-20H2,1-2H3;10H,1-8H2;1-2H3. The van der Waals surface area contributed by atoms with Crippen molar-refractivity contribution in [2.45, 2.75) is 117 Å². The van der Waals surface area contributed by atoms with Gasteiger partial charge in [0.2, 0.25) is 12.1 Å². The molecule has 2 aromatic rings. The number of ether oxygens (including phenoxy) is 1. The number of esters is 1. The van der Waals surface area contributed by atoms with E-state index in [0.717, 1.165) is 47.8 Å². The number of fused-ring (bicyclic) bond motifs is 1. The molecule has 0 spiro atoms. The predicted molar refractivity (Wildman–Crippen MR) is 202 cm³/mol. The second kappa shape index (κ2) is 21.6. The van der Waals surface area contributed by atoms with E-state index < -0.39 is 12.1 Å². The highest BCUT2D eigenvalue weighted by atomic mass is 35.5. The number of rotatable bonds is 11. The normalized spacial score (nSPS) is 18.0. The number of carbonyl (C=O) groups excluding carboxylic acids is 3. The van der Waals surface area contributed by atoms with Crippen molar-refractivity contribution in [2.24, 2.45) is 16.8 Å². The van der Waals surface area contributed by atoms with Gasteiger partial charge in [-0.25, -0.2) is 4.99 Å². The van der Waals surface area contributed by atoms with E-state index >= 15 is 0 Å². The summed E-state index contributed by atoms with van der Waals surface area (Å²) in [5.41, 5.74) is 2.96. The summed E-state index contributed by atoms with van der Waals surface area (Å²) in [6, 6.07) is 17.2. The lowest BCUT2D eigenvalue weighted by Gasteiger charge is -2.30. The summed E-state index contributed by atoms with van der Waals surface area (Å²) >= 11 is 5.70. The maximum atomic E-state index is 13.7. The summed E-state index contributed by atoms with van der Waals surface area (Å²) in [4.78, 5) is 47.6. The maximum absolute atomic E-state index is 13.7. The Morgan fingerprint density at radius 1 is 0.878 bits per heavy atom. The first kappa shape index (κ1) is 40.0. The lowest BCUT2D eigenvalue weighted by molar-refractivity contribution is -0.152. The van der Waals surface area contributed by atoms with E-state index in [-0.39, 0.29) is 31.4 Å². The van der Waals surface area contributed by atoms with Gasteiger partial charge in [0.1, 0.15) is 6.54 Å². The molecule has 0 radical (unpaired) electrons. The fraction of sp³-hybridized carbons (Fsp3) is 0.561. The van der Waals surface area contributed by atoms with Crippen LogP contribution in [0.2, 0.25) is 0 Å². The Balaban J connectivity index is 0.000000422. The lowest BCUT2D eigenvalue weighted by Crippen LogP contribution is -2.51. The van der Waals surface area contributed by atoms with E-state index in [9.17, 15) is 14.4 Å². The number of allylic oxidation sites excluding steroid dienone is 1. The Labute approximate surface area is 300 Å². The van der Waals surface area contributed by atoms with Gasteiger partial charge in [0.25, 0.3) is 5.91 Å². The first-order valence-corrected chi connectivity index (χ1v) is 18.9. The molecule has 1 heterocycles. The van der Waals surface area contributed by atoms with Gasteiger partial charge < -0.3 is 14.5 Å². The number of para-hydroxylation sites is 1. The van der Waals surface area contributed by atoms with Gasteiger partial charge in [-0.1, -0.05) is 145 Å². The van der Waals surface area contributed by atoms with E-state index in [1.807, 2.05) is 68.4 Å². The number of hydrogen-bond acceptors (Lipinski definition) is 5. The number of carbonyl (C=O) groups is 3. The number of likely N-dealkylation sites (N-methyl/N-ethyl adjacent to an activating group) is 1. The van der Waals surface area contributed by atoms with Crippen LogP contribution in [-0.4, -0.2) is 54.8 Å². The highest BCUT2D eigenvalue weighted by Crippen LogP contribution is 2.31. The van der Waals surface area contributed by atoms with Crippen LogP contribution in [0.25, 0.3) is 0 Å². The predicted octanol–water partition coefficient (Wildman–Crippen LogP) is 9.70. The zero-order valence-corrected chi connectivity index (χ0v) is 31.1. The van der Waals surface area contributed by atoms with Gasteiger partial charge in [-0.15, -0.1) is 0 Å². The minimum absolute atomic E-state index is 0.200. The van der Waals surface area contributed by atoms with E-state index in [0.29, 0.717) is 17.3 Å². The minimum Gasteiger partial charge on any atom is -0.465 e. The third kappa shape index (κ3) is 12.4. The number of benzene rings is 2. The first-order valence-electron chi connectivity index (χ1n) is 18.6. The first-order chi connectivity index (χ1) is 23.8. The molecule has 8 heteroatoms. The number of aliphatic imine (C=N–C) groups is 1. The van der Waals surface area contributed by atoms with E-state index in [1.165, 1.54) is 67.6 Å². The smallest absolute Gasteiger partial charge is 0.325 e. The van der Waals surface area contributed by atoms with Crippen LogP contribution in [0.4, 0.5) is 5.69 Å². The van der Waals surface area contributed by atoms with Crippen LogP contribution < -0.4 is 4.90 Å². The minimum atomic E-state index is -1.17. The van der Waals surface area contributed by atoms with Crippen molar-refractivity contribution >= 4 is 40.8 Å². The van der Waals surface area contributed by atoms with E-state index in [1.54, 1.807) is 14.0 Å². The summed E-state index contributed by atoms with van der Waals surface area (Å²) in [5, 5.41) is 0.829. The number of benzodiazepines with no additional fused rings is 1. The van der Waals surface area contributed by atoms with Gasteiger partial charge in [-0.05, 0) is 44.1 Å². The second-order valence-corrected chi connectivity index (χ2v) is 13.6. The molecule has 0 N–H and O–H groups in total. The molecular weight excluding hydrogens is 634 g/mol. The van der Waals surface area contributed by atoms with Crippen LogP contribution in [0.5, 0.6) is 0 Å². The fourth-order valence-corrected chi connectivity index (χ4v) is 7.08. The van der Waals surface area contributed by atoms with Crippen molar-refractivity contribution in [1.29, 1.82) is 0 Å². The number of nitrogens with zero attached hydrogens (tertiary/aromatic N) is 3. The van der Waals surface area contributed by atoms with Crippen molar-refractivity contribution in [2.75, 3.05) is 25.1 Å². The van der Waals surface area contributed by atoms with Crippen molar-refractivity contribution in [1.82, 2.24) is 4.90 Å². The molecular formula is C41H58ClN3O4. The molecule has 49 heavy (non-hydrogen) atoms. The molecule has 1 atom stereocenters. The Hall–Kier alpha value is -3.45. The van der Waals surface area contributed by atoms with Crippen molar-refractivity contribution < 1.29 is 19.1 Å². The topological polar surface area (TPSA) is 79.3 Å². The van der Waals surface area contributed by atoms with E-state index in [4.69, 9.17) is 21.3 Å². The molecule has 1 unspecified atom stereocenters. The molecule has 1 aliphatic heterocycles. The lowest BCUT2D eigenvalue weighted by atomic mass is 9.86. The third-order valence-corrected chi connectivity index (χ3v) is 9.82. The zero-order chi connectivity index (χ0) is 35.6. The number of halogens is 1. The van der Waals surface area contributed by atoms with Crippen molar-refractivity contribution in [3.63, 3.8) is 0 Å². The van der Waals surface area contributed by atoms with Crippen molar-refractivity contribution in [3.8, 4) is 0 Å². The largest absolute Gasteiger partial charge is 0.465 e. The molecule has 2 saturated carbocycles. The molecule has 2 fully saturated rings. The molecule has 2 amide bonds. The fourth-order valence-electron chi connectivity index (χ4n) is 6.97. The quantitative estimate of drug-likeness (QED) is 0.220. The highest BCUT2D eigenvalue weighted by Gasteiger charge is 2.37. The van der Waals surface area contributed by atoms with Gasteiger partial charge in [0.15, 0.2) is 0 Å². The third-order valence-electron chi connectivity index (χ3n) is 9.63. The zero-order valence-electron chi connectivity index (χ0n) is 30.3. The Morgan fingerprint density at radius 2 is 1.43 bits per heavy atom. The molecule has 0 aromatic heterocycles. The Bertz CT molecular complexity index is 1370. The summed E-state index contributed by atoms with van der Waals surface area (Å²) in [6.45, 7) is 9.31. The summed E-state index contributed by atoms with van der Waals surface area (Å²) < 4.78 is 5.17. The second-order valence-electron chi connectivity index (χ2n) is 13.1. The Morgan fingerprint density at radius 3 is 2.00 bits per heavy atom. The van der Waals surface area contributed by atoms with Gasteiger partial charge >= 0.3 is 5.97 Å². The van der Waals surface area contributed by atoms with Crippen LogP contribution in [0.1, 0.15) is 122 Å². The summed E-state index contributed by atoms with van der Waals surface area (Å²) in [7, 11) is 1.69. The van der Waals surface area contributed by atoms with Crippen LogP contribution in [0.3, 0.4) is 0 Å². The van der Waals surface area contributed by atoms with Gasteiger partial charge in [0.05, 0.1) is 18.0 Å². The van der Waals surface area contributed by atoms with E-state index in [2.05, 4.69) is 6.58 Å². The monoisotopic (exact) mass is 691 g/mol. The molecule has 0 bridgehead atoms. The molecule has 7 nitrogen and oxygen atoms in total. The summed E-state index contributed by atoms with van der Waals surface area (Å²) in [5.74, 6) is 0.301. The average molecular weight is 692 g/mol. The molecule has 2 aromatic carbocycles.